The Morgan fingerprint density at radius 1 is 0.978 bits per heavy atom. The SMILES string of the molecule is C=C(Nc1ccc(Oc2ccnc3cc(CCCCN(C)C)ccc23)cn1)c1cc2c(n(-c3ccccc3)c1=O)CCCC2=O. The fourth-order valence-electron chi connectivity index (χ4n) is 5.79. The Balaban J connectivity index is 1.18. The molecule has 45 heavy (non-hydrogen) atoms. The third-order valence-corrected chi connectivity index (χ3v) is 8.09. The van der Waals surface area contributed by atoms with E-state index in [9.17, 15) is 9.59 Å². The Bertz CT molecular complexity index is 1910. The van der Waals surface area contributed by atoms with Gasteiger partial charge >= 0.3 is 0 Å². The molecule has 1 aliphatic carbocycles. The van der Waals surface area contributed by atoms with Gasteiger partial charge in [0.25, 0.3) is 5.56 Å². The van der Waals surface area contributed by atoms with Gasteiger partial charge in [-0.25, -0.2) is 4.98 Å². The first-order valence-corrected chi connectivity index (χ1v) is 15.4. The van der Waals surface area contributed by atoms with Crippen LogP contribution in [0.3, 0.4) is 0 Å². The largest absolute Gasteiger partial charge is 0.455 e. The number of ketones is 1. The zero-order valence-electron chi connectivity index (χ0n) is 25.8. The van der Waals surface area contributed by atoms with Gasteiger partial charge in [0.15, 0.2) is 5.78 Å². The van der Waals surface area contributed by atoms with Gasteiger partial charge in [0.1, 0.15) is 17.3 Å². The second kappa shape index (κ2) is 13.3. The summed E-state index contributed by atoms with van der Waals surface area (Å²) in [6, 6.07) is 22.9. The summed E-state index contributed by atoms with van der Waals surface area (Å²) in [5.74, 6) is 1.80. The Morgan fingerprint density at radius 2 is 1.82 bits per heavy atom. The van der Waals surface area contributed by atoms with Crippen LogP contribution in [0.25, 0.3) is 22.3 Å². The molecule has 0 amide bonds. The molecular weight excluding hydrogens is 562 g/mol. The van der Waals surface area contributed by atoms with E-state index in [2.05, 4.69) is 59.1 Å². The number of Topliss-reactive ketones (excluding diaryl/α,β-unsaturated/α-hetero) is 1. The first-order valence-electron chi connectivity index (χ1n) is 15.4. The highest BCUT2D eigenvalue weighted by Gasteiger charge is 2.25. The number of hydrogen-bond donors (Lipinski definition) is 1. The molecule has 228 valence electrons. The van der Waals surface area contributed by atoms with Gasteiger partial charge < -0.3 is 15.0 Å². The lowest BCUT2D eigenvalue weighted by atomic mass is 9.92. The Morgan fingerprint density at radius 3 is 2.60 bits per heavy atom. The van der Waals surface area contributed by atoms with E-state index in [1.165, 1.54) is 5.56 Å². The number of pyridine rings is 3. The van der Waals surface area contributed by atoms with Crippen molar-refractivity contribution in [2.24, 2.45) is 0 Å². The highest BCUT2D eigenvalue weighted by Crippen LogP contribution is 2.30. The van der Waals surface area contributed by atoms with E-state index in [-0.39, 0.29) is 11.3 Å². The predicted molar refractivity (Wildman–Crippen MR) is 180 cm³/mol. The molecule has 1 aliphatic rings. The third kappa shape index (κ3) is 6.71. The maximum absolute atomic E-state index is 13.8. The van der Waals surface area contributed by atoms with Gasteiger partial charge in [-0.15, -0.1) is 0 Å². The molecule has 0 fully saturated rings. The summed E-state index contributed by atoms with van der Waals surface area (Å²) in [6.45, 7) is 5.22. The zero-order chi connectivity index (χ0) is 31.3. The quantitative estimate of drug-likeness (QED) is 0.163. The van der Waals surface area contributed by atoms with E-state index in [4.69, 9.17) is 4.74 Å². The van der Waals surface area contributed by atoms with Gasteiger partial charge in [-0.2, -0.15) is 0 Å². The molecule has 2 aromatic carbocycles. The number of nitrogens with one attached hydrogen (secondary N) is 1. The maximum Gasteiger partial charge on any atom is 0.264 e. The minimum atomic E-state index is -0.228. The molecule has 0 atom stereocenters. The van der Waals surface area contributed by atoms with Gasteiger partial charge in [0.05, 0.1) is 17.3 Å². The van der Waals surface area contributed by atoms with Gasteiger partial charge in [0, 0.05) is 40.6 Å². The van der Waals surface area contributed by atoms with Crippen molar-refractivity contribution in [2.45, 2.75) is 38.5 Å². The summed E-state index contributed by atoms with van der Waals surface area (Å²) in [4.78, 5) is 37.9. The number of hydrogen-bond acceptors (Lipinski definition) is 7. The van der Waals surface area contributed by atoms with Gasteiger partial charge in [0.2, 0.25) is 0 Å². The van der Waals surface area contributed by atoms with Crippen molar-refractivity contribution in [1.29, 1.82) is 0 Å². The summed E-state index contributed by atoms with van der Waals surface area (Å²) in [5.41, 5.74) is 4.67. The first kappa shape index (κ1) is 30.0. The molecule has 0 spiro atoms. The van der Waals surface area contributed by atoms with Crippen molar-refractivity contribution < 1.29 is 9.53 Å². The molecule has 5 aromatic rings. The number of rotatable bonds is 11. The number of anilines is 1. The highest BCUT2D eigenvalue weighted by atomic mass is 16.5. The van der Waals surface area contributed by atoms with Crippen molar-refractivity contribution in [1.82, 2.24) is 19.4 Å². The number of nitrogens with zero attached hydrogens (tertiary/aromatic N) is 4. The minimum absolute atomic E-state index is 0.0365. The average molecular weight is 600 g/mol. The molecule has 0 aliphatic heterocycles. The summed E-state index contributed by atoms with van der Waals surface area (Å²) < 4.78 is 7.85. The van der Waals surface area contributed by atoms with Crippen LogP contribution in [-0.4, -0.2) is 45.9 Å². The van der Waals surface area contributed by atoms with Crippen molar-refractivity contribution in [2.75, 3.05) is 26.0 Å². The number of benzene rings is 2. The van der Waals surface area contributed by atoms with Crippen LogP contribution in [0.5, 0.6) is 11.5 Å². The Kier molecular flexibility index (Phi) is 8.84. The van der Waals surface area contributed by atoms with Crippen LogP contribution >= 0.6 is 0 Å². The number of carbonyl (C=O) groups is 1. The third-order valence-electron chi connectivity index (χ3n) is 8.09. The predicted octanol–water partition coefficient (Wildman–Crippen LogP) is 7.06. The molecular formula is C37H37N5O3. The second-order valence-electron chi connectivity index (χ2n) is 11.7. The number of aryl methyl sites for hydroxylation is 1. The smallest absolute Gasteiger partial charge is 0.264 e. The van der Waals surface area contributed by atoms with E-state index in [0.29, 0.717) is 47.0 Å². The number of aromatic nitrogens is 3. The minimum Gasteiger partial charge on any atom is -0.455 e. The van der Waals surface area contributed by atoms with Crippen LogP contribution in [-0.2, 0) is 12.8 Å². The van der Waals surface area contributed by atoms with Crippen molar-refractivity contribution >= 4 is 28.2 Å². The summed E-state index contributed by atoms with van der Waals surface area (Å²) in [5, 5.41) is 4.09. The molecule has 0 radical (unpaired) electrons. The zero-order valence-corrected chi connectivity index (χ0v) is 25.8. The molecule has 6 rings (SSSR count). The number of ether oxygens (including phenoxy) is 1. The number of carbonyl (C=O) groups excluding carboxylic acids is 1. The molecule has 8 nitrogen and oxygen atoms in total. The topological polar surface area (TPSA) is 89.3 Å². The molecule has 0 saturated heterocycles. The van der Waals surface area contributed by atoms with E-state index >= 15 is 0 Å². The van der Waals surface area contributed by atoms with Crippen LogP contribution in [0.4, 0.5) is 5.82 Å². The van der Waals surface area contributed by atoms with Crippen LogP contribution in [0.1, 0.15) is 52.9 Å². The van der Waals surface area contributed by atoms with Crippen molar-refractivity contribution in [3.63, 3.8) is 0 Å². The van der Waals surface area contributed by atoms with Crippen LogP contribution in [0.2, 0.25) is 0 Å². The maximum atomic E-state index is 13.8. The van der Waals surface area contributed by atoms with Crippen molar-refractivity contribution in [3.05, 3.63) is 125 Å². The van der Waals surface area contributed by atoms with Crippen LogP contribution in [0.15, 0.2) is 96.6 Å². The highest BCUT2D eigenvalue weighted by molar-refractivity contribution is 5.99. The Labute approximate surface area is 263 Å². The summed E-state index contributed by atoms with van der Waals surface area (Å²) >= 11 is 0. The monoisotopic (exact) mass is 599 g/mol. The lowest BCUT2D eigenvalue weighted by Gasteiger charge is -2.22. The Hall–Kier alpha value is -5.08. The fraction of sp³-hybridized carbons (Fsp3) is 0.243. The molecule has 3 heterocycles. The average Bonchev–Trinajstić information content (AvgIpc) is 3.04. The van der Waals surface area contributed by atoms with Crippen LogP contribution in [0, 0.1) is 0 Å². The van der Waals surface area contributed by atoms with E-state index in [1.54, 1.807) is 29.1 Å². The molecule has 1 N–H and O–H groups in total. The molecule has 0 bridgehead atoms. The molecule has 8 heteroatoms. The molecule has 3 aromatic heterocycles. The number of unbranched alkanes of at least 4 members (excludes halogenated alkanes) is 1. The van der Waals surface area contributed by atoms with E-state index < -0.39 is 0 Å². The lowest BCUT2D eigenvalue weighted by molar-refractivity contribution is 0.0971. The number of fused-ring (bicyclic) bond motifs is 2. The van der Waals surface area contributed by atoms with Crippen molar-refractivity contribution in [3.8, 4) is 17.2 Å². The van der Waals surface area contributed by atoms with Crippen LogP contribution < -0.4 is 15.6 Å². The standard InChI is InChI=1S/C37H37N5O3/c1-25(30-23-31-33(13-9-14-34(31)43)42(37(30)44)27-11-5-4-6-12-27)40-36-18-16-28(24-39-36)45-35-19-20-38-32-22-26(15-17-29(32)35)10-7-8-21-41(2)3/h4-6,11-12,15-20,22-24H,1,7-10,13-14,21H2,2-3H3,(H,39,40). The van der Waals surface area contributed by atoms with E-state index in [0.717, 1.165) is 54.5 Å². The molecule has 0 unspecified atom stereocenters. The first-order chi connectivity index (χ1) is 21.9. The van der Waals surface area contributed by atoms with Gasteiger partial charge in [-0.3, -0.25) is 19.1 Å². The van der Waals surface area contributed by atoms with E-state index in [1.807, 2.05) is 42.5 Å². The molecule has 0 saturated carbocycles. The fourth-order valence-corrected chi connectivity index (χ4v) is 5.79. The van der Waals surface area contributed by atoms with Gasteiger partial charge in [-0.1, -0.05) is 30.8 Å². The lowest BCUT2D eigenvalue weighted by Crippen LogP contribution is -2.30. The summed E-state index contributed by atoms with van der Waals surface area (Å²) in [6.07, 6.45) is 8.54. The van der Waals surface area contributed by atoms with Gasteiger partial charge in [-0.05, 0) is 107 Å². The normalized spacial score (nSPS) is 12.7. The number of para-hydroxylation sites is 1. The second-order valence-corrected chi connectivity index (χ2v) is 11.7. The summed E-state index contributed by atoms with van der Waals surface area (Å²) in [7, 11) is 4.20.